The normalized spacial score (nSPS) is 10.9. The summed E-state index contributed by atoms with van der Waals surface area (Å²) in [6.45, 7) is 3.54. The van der Waals surface area contributed by atoms with Gasteiger partial charge < -0.3 is 15.5 Å². The molecule has 2 heterocycles. The lowest BCUT2D eigenvalue weighted by Crippen LogP contribution is -2.07. The first-order chi connectivity index (χ1) is 13.4. The van der Waals surface area contributed by atoms with Gasteiger partial charge in [0.25, 0.3) is 0 Å². The minimum atomic E-state index is -1.03. The number of aliphatic hydroxyl groups excluding tert-OH is 1. The maximum Gasteiger partial charge on any atom is 0.307 e. The Morgan fingerprint density at radius 1 is 1.25 bits per heavy atom. The number of hydrogen-bond donors (Lipinski definition) is 3. The van der Waals surface area contributed by atoms with Gasteiger partial charge in [0.15, 0.2) is 5.82 Å². The van der Waals surface area contributed by atoms with E-state index in [2.05, 4.69) is 22.2 Å². The number of rotatable bonds is 7. The van der Waals surface area contributed by atoms with Crippen molar-refractivity contribution >= 4 is 28.8 Å². The van der Waals surface area contributed by atoms with E-state index in [1.807, 2.05) is 12.1 Å². The van der Waals surface area contributed by atoms with Crippen LogP contribution in [-0.2, 0) is 24.2 Å². The van der Waals surface area contributed by atoms with Crippen LogP contribution in [0.4, 0.5) is 15.9 Å². The van der Waals surface area contributed by atoms with Crippen molar-refractivity contribution in [3.63, 3.8) is 0 Å². The van der Waals surface area contributed by atoms with Crippen LogP contribution in [0, 0.1) is 12.7 Å². The second-order valence-electron chi connectivity index (χ2n) is 6.25. The minimum Gasteiger partial charge on any atom is -0.481 e. The first-order valence-corrected chi connectivity index (χ1v) is 9.57. The van der Waals surface area contributed by atoms with E-state index in [1.54, 1.807) is 24.3 Å². The van der Waals surface area contributed by atoms with Gasteiger partial charge in [0, 0.05) is 16.1 Å². The molecule has 0 unspecified atom stereocenters. The van der Waals surface area contributed by atoms with Gasteiger partial charge in [-0.25, -0.2) is 14.4 Å². The maximum absolute atomic E-state index is 14.4. The van der Waals surface area contributed by atoms with E-state index in [9.17, 15) is 14.3 Å². The molecule has 0 saturated carbocycles. The molecule has 28 heavy (non-hydrogen) atoms. The lowest BCUT2D eigenvalue weighted by atomic mass is 10.1. The van der Waals surface area contributed by atoms with Crippen molar-refractivity contribution < 1.29 is 19.4 Å². The SMILES string of the molecule is CCc1ccc(-c2nc(C)c(CO)c(Nc3ccc(CC(=O)O)cc3F)n2)s1. The topological polar surface area (TPSA) is 95.3 Å². The molecule has 0 aliphatic heterocycles. The fourth-order valence-corrected chi connectivity index (χ4v) is 3.64. The Hall–Kier alpha value is -2.84. The lowest BCUT2D eigenvalue weighted by molar-refractivity contribution is -0.136. The van der Waals surface area contributed by atoms with E-state index in [0.29, 0.717) is 28.5 Å². The van der Waals surface area contributed by atoms with Crippen molar-refractivity contribution in [1.82, 2.24) is 9.97 Å². The van der Waals surface area contributed by atoms with E-state index < -0.39 is 11.8 Å². The summed E-state index contributed by atoms with van der Waals surface area (Å²) >= 11 is 1.59. The Morgan fingerprint density at radius 3 is 2.64 bits per heavy atom. The zero-order chi connectivity index (χ0) is 20.3. The molecule has 0 amide bonds. The first kappa shape index (κ1) is 19.9. The zero-order valence-electron chi connectivity index (χ0n) is 15.5. The molecule has 0 saturated heterocycles. The zero-order valence-corrected chi connectivity index (χ0v) is 16.3. The number of hydrogen-bond acceptors (Lipinski definition) is 6. The van der Waals surface area contributed by atoms with Gasteiger partial charge in [0.05, 0.1) is 23.6 Å². The van der Waals surface area contributed by atoms with Crippen LogP contribution in [0.5, 0.6) is 0 Å². The summed E-state index contributed by atoms with van der Waals surface area (Å²) in [7, 11) is 0. The van der Waals surface area contributed by atoms with Gasteiger partial charge in [-0.2, -0.15) is 0 Å². The number of carboxylic acids is 1. The Kier molecular flexibility index (Phi) is 6.01. The van der Waals surface area contributed by atoms with Crippen LogP contribution in [0.15, 0.2) is 30.3 Å². The van der Waals surface area contributed by atoms with E-state index >= 15 is 0 Å². The summed E-state index contributed by atoms with van der Waals surface area (Å²) in [5, 5.41) is 21.5. The van der Waals surface area contributed by atoms with Crippen LogP contribution in [0.2, 0.25) is 0 Å². The Balaban J connectivity index is 1.97. The second kappa shape index (κ2) is 8.45. The summed E-state index contributed by atoms with van der Waals surface area (Å²) in [6.07, 6.45) is 0.658. The number of anilines is 2. The molecule has 146 valence electrons. The quantitative estimate of drug-likeness (QED) is 0.552. The molecule has 3 aromatic rings. The fourth-order valence-electron chi connectivity index (χ4n) is 2.76. The van der Waals surface area contributed by atoms with Crippen molar-refractivity contribution in [2.45, 2.75) is 33.3 Å². The van der Waals surface area contributed by atoms with Crippen molar-refractivity contribution in [2.75, 3.05) is 5.32 Å². The second-order valence-corrected chi connectivity index (χ2v) is 7.42. The Bertz CT molecular complexity index is 1020. The molecule has 0 aliphatic carbocycles. The Morgan fingerprint density at radius 2 is 2.04 bits per heavy atom. The van der Waals surface area contributed by atoms with E-state index in [0.717, 1.165) is 11.3 Å². The van der Waals surface area contributed by atoms with Crippen molar-refractivity contribution in [3.05, 3.63) is 57.8 Å². The summed E-state index contributed by atoms with van der Waals surface area (Å²) < 4.78 is 14.4. The molecule has 6 nitrogen and oxygen atoms in total. The van der Waals surface area contributed by atoms with Crippen LogP contribution in [0.3, 0.4) is 0 Å². The predicted octanol–water partition coefficient (Wildman–Crippen LogP) is 4.08. The lowest BCUT2D eigenvalue weighted by Gasteiger charge is -2.14. The monoisotopic (exact) mass is 401 g/mol. The van der Waals surface area contributed by atoms with Gasteiger partial charge in [-0.05, 0) is 43.2 Å². The molecular weight excluding hydrogens is 381 g/mol. The maximum atomic E-state index is 14.4. The highest BCUT2D eigenvalue weighted by molar-refractivity contribution is 7.15. The van der Waals surface area contributed by atoms with Crippen LogP contribution in [0.25, 0.3) is 10.7 Å². The first-order valence-electron chi connectivity index (χ1n) is 8.76. The summed E-state index contributed by atoms with van der Waals surface area (Å²) in [5.74, 6) is -0.794. The van der Waals surface area contributed by atoms with Gasteiger partial charge in [-0.15, -0.1) is 11.3 Å². The van der Waals surface area contributed by atoms with Crippen molar-refractivity contribution in [2.24, 2.45) is 0 Å². The summed E-state index contributed by atoms with van der Waals surface area (Å²) in [5.41, 5.74) is 1.59. The molecule has 0 aliphatic rings. The minimum absolute atomic E-state index is 0.147. The average Bonchev–Trinajstić information content (AvgIpc) is 3.12. The highest BCUT2D eigenvalue weighted by atomic mass is 32.1. The van der Waals surface area contributed by atoms with E-state index in [4.69, 9.17) is 5.11 Å². The van der Waals surface area contributed by atoms with Gasteiger partial charge in [-0.3, -0.25) is 4.79 Å². The molecule has 0 radical (unpaired) electrons. The van der Waals surface area contributed by atoms with E-state index in [1.165, 1.54) is 17.0 Å². The van der Waals surface area contributed by atoms with Crippen molar-refractivity contribution in [3.8, 4) is 10.7 Å². The van der Waals surface area contributed by atoms with Gasteiger partial charge in [0.2, 0.25) is 0 Å². The number of aryl methyl sites for hydroxylation is 2. The van der Waals surface area contributed by atoms with Crippen LogP contribution >= 0.6 is 11.3 Å². The number of aromatic nitrogens is 2. The molecule has 1 aromatic carbocycles. The number of halogens is 1. The average molecular weight is 401 g/mol. The number of thiophene rings is 1. The molecule has 0 fully saturated rings. The van der Waals surface area contributed by atoms with Crippen molar-refractivity contribution in [1.29, 1.82) is 0 Å². The fraction of sp³-hybridized carbons (Fsp3) is 0.250. The molecular formula is C20H20FN3O3S. The summed E-state index contributed by atoms with van der Waals surface area (Å²) in [6, 6.07) is 8.15. The van der Waals surface area contributed by atoms with Gasteiger partial charge >= 0.3 is 5.97 Å². The number of nitrogens with one attached hydrogen (secondary N) is 1. The smallest absolute Gasteiger partial charge is 0.307 e. The van der Waals surface area contributed by atoms with Crippen LogP contribution in [0.1, 0.15) is 28.6 Å². The molecule has 8 heteroatoms. The predicted molar refractivity (Wildman–Crippen MR) is 106 cm³/mol. The molecule has 0 bridgehead atoms. The standard InChI is InChI=1S/C20H20FN3O3S/c1-3-13-5-7-17(28-13)20-22-11(2)14(10-25)19(24-20)23-16-6-4-12(8-15(16)21)9-18(26)27/h4-8,25H,3,9-10H2,1-2H3,(H,26,27)(H,22,23,24). The highest BCUT2D eigenvalue weighted by Gasteiger charge is 2.16. The third-order valence-electron chi connectivity index (χ3n) is 4.24. The molecule has 2 aromatic heterocycles. The molecule has 3 rings (SSSR count). The molecule has 0 spiro atoms. The number of carboxylic acid groups (broad SMARTS) is 1. The number of aliphatic hydroxyl groups is 1. The van der Waals surface area contributed by atoms with Crippen LogP contribution in [-0.4, -0.2) is 26.2 Å². The number of carbonyl (C=O) groups is 1. The van der Waals surface area contributed by atoms with E-state index in [-0.39, 0.29) is 18.7 Å². The Labute approximate surface area is 165 Å². The third kappa shape index (κ3) is 4.35. The largest absolute Gasteiger partial charge is 0.481 e. The third-order valence-corrected chi connectivity index (χ3v) is 5.47. The molecule has 3 N–H and O–H groups in total. The van der Waals surface area contributed by atoms with Crippen LogP contribution < -0.4 is 5.32 Å². The number of nitrogens with zero attached hydrogens (tertiary/aromatic N) is 2. The van der Waals surface area contributed by atoms with Gasteiger partial charge in [0.1, 0.15) is 11.6 Å². The number of aliphatic carboxylic acids is 1. The summed E-state index contributed by atoms with van der Waals surface area (Å²) in [4.78, 5) is 21.9. The number of benzene rings is 1. The molecule has 0 atom stereocenters. The highest BCUT2D eigenvalue weighted by Crippen LogP contribution is 2.30. The van der Waals surface area contributed by atoms with Gasteiger partial charge in [-0.1, -0.05) is 13.0 Å².